The smallest absolute Gasteiger partial charge is 0.306 e. The van der Waals surface area contributed by atoms with Crippen molar-refractivity contribution in [3.63, 3.8) is 0 Å². The van der Waals surface area contributed by atoms with E-state index in [1.807, 2.05) is 0 Å². The van der Waals surface area contributed by atoms with Crippen LogP contribution in [0.15, 0.2) is 0 Å². The molecule has 2 atom stereocenters. The average Bonchev–Trinajstić information content (AvgIpc) is 2.54. The van der Waals surface area contributed by atoms with Gasteiger partial charge in [0.25, 0.3) is 0 Å². The van der Waals surface area contributed by atoms with Gasteiger partial charge in [0.15, 0.2) is 0 Å². The highest BCUT2D eigenvalue weighted by molar-refractivity contribution is 8.76. The monoisotopic (exact) mass is 410 g/mol. The predicted octanol–water partition coefficient (Wildman–Crippen LogP) is 3.06. The molecule has 0 amide bonds. The predicted molar refractivity (Wildman–Crippen MR) is 99.4 cm³/mol. The Balaban J connectivity index is 3.78. The quantitative estimate of drug-likeness (QED) is 0.208. The van der Waals surface area contributed by atoms with Gasteiger partial charge in [0, 0.05) is 24.3 Å². The number of hydrogen-bond acceptors (Lipinski definition) is 6. The van der Waals surface area contributed by atoms with Crippen LogP contribution in [0.3, 0.4) is 0 Å². The Morgan fingerprint density at radius 3 is 1.23 bits per heavy atom. The zero-order chi connectivity index (χ0) is 19.9. The number of carboxylic acid groups (broad SMARTS) is 4. The van der Waals surface area contributed by atoms with Gasteiger partial charge in [0.2, 0.25) is 0 Å². The van der Waals surface area contributed by atoms with Gasteiger partial charge in [-0.1, -0.05) is 21.6 Å². The van der Waals surface area contributed by atoms with Gasteiger partial charge in [-0.2, -0.15) is 0 Å². The number of carboxylic acids is 4. The molecule has 150 valence electrons. The van der Waals surface area contributed by atoms with E-state index in [4.69, 9.17) is 20.4 Å². The number of hydrogen-bond donors (Lipinski definition) is 4. The summed E-state index contributed by atoms with van der Waals surface area (Å²) in [5.74, 6) is -3.72. The molecule has 0 aromatic rings. The Bertz CT molecular complexity index is 427. The molecular weight excluding hydrogens is 384 g/mol. The van der Waals surface area contributed by atoms with Crippen LogP contribution in [0.4, 0.5) is 0 Å². The first-order chi connectivity index (χ1) is 12.2. The molecule has 0 saturated carbocycles. The van der Waals surface area contributed by atoms with E-state index in [1.165, 1.54) is 0 Å². The van der Waals surface area contributed by atoms with Crippen LogP contribution in [0.1, 0.15) is 51.4 Å². The van der Waals surface area contributed by atoms with Crippen LogP contribution in [0.2, 0.25) is 0 Å². The fraction of sp³-hybridized carbons (Fsp3) is 0.750. The van der Waals surface area contributed by atoms with Gasteiger partial charge in [-0.3, -0.25) is 19.2 Å². The fourth-order valence-electron chi connectivity index (χ4n) is 2.27. The van der Waals surface area contributed by atoms with Crippen LogP contribution in [-0.2, 0) is 19.2 Å². The van der Waals surface area contributed by atoms with E-state index < -0.39 is 35.7 Å². The van der Waals surface area contributed by atoms with Crippen molar-refractivity contribution < 1.29 is 39.6 Å². The minimum absolute atomic E-state index is 0.134. The van der Waals surface area contributed by atoms with Gasteiger partial charge in [-0.05, 0) is 38.5 Å². The third-order valence-electron chi connectivity index (χ3n) is 3.76. The molecular formula is C16H26O8S2. The van der Waals surface area contributed by atoms with E-state index >= 15 is 0 Å². The van der Waals surface area contributed by atoms with Crippen LogP contribution >= 0.6 is 21.6 Å². The van der Waals surface area contributed by atoms with E-state index in [2.05, 4.69) is 0 Å². The summed E-state index contributed by atoms with van der Waals surface area (Å²) in [5.41, 5.74) is 0. The van der Waals surface area contributed by atoms with Crippen molar-refractivity contribution in [2.45, 2.75) is 51.4 Å². The second-order valence-electron chi connectivity index (χ2n) is 5.86. The third-order valence-corrected chi connectivity index (χ3v) is 6.33. The van der Waals surface area contributed by atoms with Crippen LogP contribution in [0, 0.1) is 11.8 Å². The molecule has 0 aliphatic carbocycles. The first-order valence-corrected chi connectivity index (χ1v) is 10.9. The summed E-state index contributed by atoms with van der Waals surface area (Å²) in [6.45, 7) is 0. The molecule has 0 aliphatic rings. The van der Waals surface area contributed by atoms with E-state index in [0.29, 0.717) is 25.7 Å². The molecule has 4 N–H and O–H groups in total. The zero-order valence-corrected chi connectivity index (χ0v) is 16.1. The van der Waals surface area contributed by atoms with Crippen molar-refractivity contribution in [3.05, 3.63) is 0 Å². The molecule has 0 aliphatic heterocycles. The van der Waals surface area contributed by atoms with Crippen molar-refractivity contribution in [1.29, 1.82) is 0 Å². The molecule has 0 aromatic carbocycles. The zero-order valence-electron chi connectivity index (χ0n) is 14.5. The second-order valence-corrected chi connectivity index (χ2v) is 8.57. The molecule has 0 fully saturated rings. The Labute approximate surface area is 160 Å². The molecule has 0 aromatic heterocycles. The van der Waals surface area contributed by atoms with E-state index in [0.717, 1.165) is 11.5 Å². The molecule has 0 rings (SSSR count). The molecule has 0 saturated heterocycles. The average molecular weight is 411 g/mol. The number of aliphatic carboxylic acids is 4. The lowest BCUT2D eigenvalue weighted by atomic mass is 9.98. The van der Waals surface area contributed by atoms with Gasteiger partial charge >= 0.3 is 23.9 Å². The van der Waals surface area contributed by atoms with Gasteiger partial charge in [0.1, 0.15) is 0 Å². The first kappa shape index (κ1) is 24.6. The van der Waals surface area contributed by atoms with Crippen molar-refractivity contribution in [2.24, 2.45) is 11.8 Å². The summed E-state index contributed by atoms with van der Waals surface area (Å²) < 4.78 is 0. The summed E-state index contributed by atoms with van der Waals surface area (Å²) >= 11 is 0. The van der Waals surface area contributed by atoms with E-state index in [9.17, 15) is 19.2 Å². The lowest BCUT2D eigenvalue weighted by molar-refractivity contribution is -0.144. The standard InChI is InChI=1S/C16H26O8S2/c17-13(18)7-5-11(15(21)22)3-1-9-25-26-10-2-4-12(16(23)24)6-8-14(19)20/h11-12H,1-10H2,(H,17,18)(H,19,20)(H,21,22)(H,23,24)/t11-,12-/m1/s1. The largest absolute Gasteiger partial charge is 0.481 e. The number of rotatable bonds is 17. The van der Waals surface area contributed by atoms with E-state index in [-0.39, 0.29) is 25.7 Å². The van der Waals surface area contributed by atoms with Gasteiger partial charge < -0.3 is 20.4 Å². The van der Waals surface area contributed by atoms with Crippen LogP contribution in [0.25, 0.3) is 0 Å². The lowest BCUT2D eigenvalue weighted by Crippen LogP contribution is -2.15. The Hall–Kier alpha value is -1.42. The van der Waals surface area contributed by atoms with Crippen molar-refractivity contribution in [1.82, 2.24) is 0 Å². The molecule has 0 unspecified atom stereocenters. The SMILES string of the molecule is O=C(O)CC[C@@H](CCCSSCCC[C@H](CCC(=O)O)C(=O)O)C(=O)O. The first-order valence-electron chi connectivity index (χ1n) is 8.37. The van der Waals surface area contributed by atoms with Crippen LogP contribution in [0.5, 0.6) is 0 Å². The minimum atomic E-state index is -0.996. The second kappa shape index (κ2) is 14.7. The van der Waals surface area contributed by atoms with Gasteiger partial charge in [-0.15, -0.1) is 0 Å². The lowest BCUT2D eigenvalue weighted by Gasteiger charge is -2.11. The van der Waals surface area contributed by atoms with E-state index in [1.54, 1.807) is 21.6 Å². The molecule has 10 heteroatoms. The third kappa shape index (κ3) is 13.8. The maximum Gasteiger partial charge on any atom is 0.306 e. The highest BCUT2D eigenvalue weighted by atomic mass is 33.1. The molecule has 0 heterocycles. The van der Waals surface area contributed by atoms with Gasteiger partial charge in [0.05, 0.1) is 11.8 Å². The summed E-state index contributed by atoms with van der Waals surface area (Å²) in [6.07, 6.45) is 2.19. The highest BCUT2D eigenvalue weighted by Crippen LogP contribution is 2.26. The minimum Gasteiger partial charge on any atom is -0.481 e. The maximum absolute atomic E-state index is 11.0. The molecule has 0 radical (unpaired) electrons. The summed E-state index contributed by atoms with van der Waals surface area (Å²) in [5, 5.41) is 35.3. The maximum atomic E-state index is 11.0. The molecule has 0 bridgehead atoms. The summed E-state index contributed by atoms with van der Waals surface area (Å²) in [6, 6.07) is 0. The normalized spacial score (nSPS) is 13.1. The molecule has 8 nitrogen and oxygen atoms in total. The highest BCUT2D eigenvalue weighted by Gasteiger charge is 2.19. The van der Waals surface area contributed by atoms with Crippen molar-refractivity contribution >= 4 is 45.5 Å². The van der Waals surface area contributed by atoms with Crippen LogP contribution < -0.4 is 0 Å². The van der Waals surface area contributed by atoms with Crippen molar-refractivity contribution in [2.75, 3.05) is 11.5 Å². The Morgan fingerprint density at radius 1 is 0.615 bits per heavy atom. The molecule has 0 spiro atoms. The Morgan fingerprint density at radius 2 is 0.962 bits per heavy atom. The molecule has 26 heavy (non-hydrogen) atoms. The summed E-state index contributed by atoms with van der Waals surface area (Å²) in [4.78, 5) is 43.1. The summed E-state index contributed by atoms with van der Waals surface area (Å²) in [7, 11) is 3.15. The fourth-order valence-corrected chi connectivity index (χ4v) is 4.49. The van der Waals surface area contributed by atoms with Crippen LogP contribution in [-0.4, -0.2) is 55.8 Å². The Kier molecular flexibility index (Phi) is 13.9. The van der Waals surface area contributed by atoms with Gasteiger partial charge in [-0.25, -0.2) is 0 Å². The number of carbonyl (C=O) groups is 4. The topological polar surface area (TPSA) is 149 Å². The van der Waals surface area contributed by atoms with Crippen molar-refractivity contribution in [3.8, 4) is 0 Å².